The lowest BCUT2D eigenvalue weighted by Gasteiger charge is -2.14. The molecule has 1 aromatic rings. The Kier molecular flexibility index (Phi) is 4.47. The molecule has 2 heteroatoms. The number of hydrogen-bond acceptors (Lipinski definition) is 2. The first kappa shape index (κ1) is 11.1. The van der Waals surface area contributed by atoms with Crippen LogP contribution < -0.4 is 10.6 Å². The van der Waals surface area contributed by atoms with Gasteiger partial charge in [-0.15, -0.1) is 0 Å². The second kappa shape index (κ2) is 5.66. The van der Waals surface area contributed by atoms with Crippen molar-refractivity contribution in [2.24, 2.45) is 0 Å². The zero-order valence-electron chi connectivity index (χ0n) is 9.35. The van der Waals surface area contributed by atoms with E-state index in [0.717, 1.165) is 19.5 Å². The molecule has 0 aliphatic rings. The molecular weight excluding hydrogens is 172 g/mol. The molecule has 0 atom stereocenters. The molecule has 2 N–H and O–H groups in total. The van der Waals surface area contributed by atoms with Crippen molar-refractivity contribution in [3.8, 4) is 0 Å². The van der Waals surface area contributed by atoms with Crippen molar-refractivity contribution >= 4 is 5.69 Å². The van der Waals surface area contributed by atoms with Crippen LogP contribution in [0.5, 0.6) is 0 Å². The summed E-state index contributed by atoms with van der Waals surface area (Å²) in [6, 6.07) is 6.52. The molecule has 0 saturated carbocycles. The van der Waals surface area contributed by atoms with Crippen LogP contribution in [0.4, 0.5) is 5.69 Å². The molecule has 14 heavy (non-hydrogen) atoms. The molecule has 0 amide bonds. The highest BCUT2D eigenvalue weighted by atomic mass is 15.0. The van der Waals surface area contributed by atoms with Crippen molar-refractivity contribution in [2.45, 2.75) is 26.7 Å². The van der Waals surface area contributed by atoms with E-state index in [1.165, 1.54) is 16.8 Å². The van der Waals surface area contributed by atoms with Crippen molar-refractivity contribution in [1.82, 2.24) is 5.32 Å². The van der Waals surface area contributed by atoms with Crippen LogP contribution in [0.25, 0.3) is 0 Å². The lowest BCUT2D eigenvalue weighted by molar-refractivity contribution is 0.868. The van der Waals surface area contributed by atoms with Crippen LogP contribution in [0.2, 0.25) is 0 Å². The van der Waals surface area contributed by atoms with Gasteiger partial charge in [0, 0.05) is 5.69 Å². The second-order valence-corrected chi connectivity index (χ2v) is 3.37. The highest BCUT2D eigenvalue weighted by Crippen LogP contribution is 2.21. The van der Waals surface area contributed by atoms with E-state index in [-0.39, 0.29) is 0 Å². The largest absolute Gasteiger partial charge is 0.372 e. The van der Waals surface area contributed by atoms with Crippen molar-refractivity contribution in [2.75, 3.05) is 19.0 Å². The molecule has 0 heterocycles. The molecule has 0 aromatic heterocycles. The fourth-order valence-corrected chi connectivity index (χ4v) is 1.65. The Labute approximate surface area is 86.7 Å². The van der Waals surface area contributed by atoms with Gasteiger partial charge in [-0.1, -0.05) is 32.0 Å². The summed E-state index contributed by atoms with van der Waals surface area (Å²) >= 11 is 0. The normalized spacial score (nSPS) is 10.2. The number of benzene rings is 1. The quantitative estimate of drug-likeness (QED) is 0.700. The Bertz CT molecular complexity index is 259. The second-order valence-electron chi connectivity index (χ2n) is 3.37. The molecule has 1 rings (SSSR count). The maximum atomic E-state index is 3.42. The third-order valence-electron chi connectivity index (χ3n) is 2.44. The first-order valence-corrected chi connectivity index (χ1v) is 5.32. The summed E-state index contributed by atoms with van der Waals surface area (Å²) in [6.45, 7) is 5.21. The van der Waals surface area contributed by atoms with Crippen LogP contribution in [0.3, 0.4) is 0 Å². The van der Waals surface area contributed by atoms with Gasteiger partial charge in [0.05, 0.1) is 6.67 Å². The molecule has 0 radical (unpaired) electrons. The lowest BCUT2D eigenvalue weighted by Crippen LogP contribution is -2.18. The summed E-state index contributed by atoms with van der Waals surface area (Å²) in [5, 5.41) is 6.53. The fraction of sp³-hybridized carbons (Fsp3) is 0.500. The SMILES string of the molecule is CCc1cccc(CC)c1NCNC. The van der Waals surface area contributed by atoms with Gasteiger partial charge in [-0.3, -0.25) is 0 Å². The van der Waals surface area contributed by atoms with Gasteiger partial charge in [-0.2, -0.15) is 0 Å². The van der Waals surface area contributed by atoms with E-state index >= 15 is 0 Å². The van der Waals surface area contributed by atoms with Crippen molar-refractivity contribution < 1.29 is 0 Å². The van der Waals surface area contributed by atoms with E-state index in [0.29, 0.717) is 0 Å². The number of para-hydroxylation sites is 1. The molecule has 0 aliphatic heterocycles. The first-order chi connectivity index (χ1) is 6.83. The molecule has 1 aromatic carbocycles. The lowest BCUT2D eigenvalue weighted by atomic mass is 10.0. The topological polar surface area (TPSA) is 24.1 Å². The summed E-state index contributed by atoms with van der Waals surface area (Å²) in [5.41, 5.74) is 4.12. The van der Waals surface area contributed by atoms with Gasteiger partial charge < -0.3 is 10.6 Å². The molecule has 0 fully saturated rings. The number of rotatable bonds is 5. The van der Waals surface area contributed by atoms with E-state index in [4.69, 9.17) is 0 Å². The van der Waals surface area contributed by atoms with Gasteiger partial charge in [0.25, 0.3) is 0 Å². The summed E-state index contributed by atoms with van der Waals surface area (Å²) in [7, 11) is 1.95. The van der Waals surface area contributed by atoms with Crippen LogP contribution in [-0.4, -0.2) is 13.7 Å². The molecule has 0 bridgehead atoms. The monoisotopic (exact) mass is 192 g/mol. The number of aryl methyl sites for hydroxylation is 2. The Morgan fingerprint density at radius 3 is 2.07 bits per heavy atom. The number of nitrogens with one attached hydrogen (secondary N) is 2. The molecule has 0 unspecified atom stereocenters. The summed E-state index contributed by atoms with van der Waals surface area (Å²) in [6.07, 6.45) is 2.17. The predicted octanol–water partition coefficient (Wildman–Crippen LogP) is 2.40. The van der Waals surface area contributed by atoms with Gasteiger partial charge in [0.1, 0.15) is 0 Å². The Balaban J connectivity index is 2.93. The maximum Gasteiger partial charge on any atom is 0.0650 e. The molecule has 0 saturated heterocycles. The molecule has 2 nitrogen and oxygen atoms in total. The Morgan fingerprint density at radius 2 is 1.64 bits per heavy atom. The van der Waals surface area contributed by atoms with Crippen LogP contribution in [0.15, 0.2) is 18.2 Å². The third kappa shape index (κ3) is 2.48. The van der Waals surface area contributed by atoms with Gasteiger partial charge >= 0.3 is 0 Å². The first-order valence-electron chi connectivity index (χ1n) is 5.32. The zero-order chi connectivity index (χ0) is 10.4. The Morgan fingerprint density at radius 1 is 1.07 bits per heavy atom. The minimum absolute atomic E-state index is 0.823. The van der Waals surface area contributed by atoms with Crippen molar-refractivity contribution in [1.29, 1.82) is 0 Å². The number of anilines is 1. The van der Waals surface area contributed by atoms with E-state index in [9.17, 15) is 0 Å². The molecular formula is C12H20N2. The Hall–Kier alpha value is -1.02. The highest BCUT2D eigenvalue weighted by molar-refractivity contribution is 5.57. The van der Waals surface area contributed by atoms with E-state index in [2.05, 4.69) is 42.7 Å². The standard InChI is InChI=1S/C12H20N2/c1-4-10-7-6-8-11(5-2)12(10)14-9-13-3/h6-8,13-14H,4-5,9H2,1-3H3. The minimum Gasteiger partial charge on any atom is -0.372 e. The van der Waals surface area contributed by atoms with Crippen molar-refractivity contribution in [3.05, 3.63) is 29.3 Å². The van der Waals surface area contributed by atoms with Crippen LogP contribution in [0, 0.1) is 0 Å². The summed E-state index contributed by atoms with van der Waals surface area (Å²) in [4.78, 5) is 0. The summed E-state index contributed by atoms with van der Waals surface area (Å²) < 4.78 is 0. The maximum absolute atomic E-state index is 3.42. The average molecular weight is 192 g/mol. The minimum atomic E-state index is 0.823. The van der Waals surface area contributed by atoms with Crippen molar-refractivity contribution in [3.63, 3.8) is 0 Å². The molecule has 0 aliphatic carbocycles. The van der Waals surface area contributed by atoms with Gasteiger partial charge in [-0.25, -0.2) is 0 Å². The summed E-state index contributed by atoms with van der Waals surface area (Å²) in [5.74, 6) is 0. The highest BCUT2D eigenvalue weighted by Gasteiger charge is 2.03. The number of hydrogen-bond donors (Lipinski definition) is 2. The molecule has 0 spiro atoms. The average Bonchev–Trinajstić information content (AvgIpc) is 2.25. The van der Waals surface area contributed by atoms with E-state index in [1.54, 1.807) is 0 Å². The third-order valence-corrected chi connectivity index (χ3v) is 2.44. The molecule has 78 valence electrons. The van der Waals surface area contributed by atoms with Gasteiger partial charge in [-0.05, 0) is 31.0 Å². The predicted molar refractivity (Wildman–Crippen MR) is 62.7 cm³/mol. The van der Waals surface area contributed by atoms with E-state index < -0.39 is 0 Å². The van der Waals surface area contributed by atoms with Gasteiger partial charge in [0.2, 0.25) is 0 Å². The van der Waals surface area contributed by atoms with Crippen LogP contribution in [-0.2, 0) is 12.8 Å². The van der Waals surface area contributed by atoms with Crippen LogP contribution >= 0.6 is 0 Å². The zero-order valence-corrected chi connectivity index (χ0v) is 9.35. The van der Waals surface area contributed by atoms with E-state index in [1.807, 2.05) is 7.05 Å². The fourth-order valence-electron chi connectivity index (χ4n) is 1.65. The smallest absolute Gasteiger partial charge is 0.0650 e. The van der Waals surface area contributed by atoms with Gasteiger partial charge in [0.15, 0.2) is 0 Å². The van der Waals surface area contributed by atoms with Crippen LogP contribution in [0.1, 0.15) is 25.0 Å².